The number of likely N-dealkylation sites (N-methyl/N-ethyl adjacent to an activating group) is 1. The van der Waals surface area contributed by atoms with E-state index in [0.717, 1.165) is 13.1 Å². The maximum Gasteiger partial charge on any atom is 0.353 e. The first-order valence-electron chi connectivity index (χ1n) is 7.87. The van der Waals surface area contributed by atoms with Crippen LogP contribution in [-0.4, -0.2) is 68.4 Å². The Kier molecular flexibility index (Phi) is 5.26. The number of nitrogens with two attached hydrogens (primary N) is 1. The van der Waals surface area contributed by atoms with Gasteiger partial charge < -0.3 is 20.8 Å². The quantitative estimate of drug-likeness (QED) is 0.513. The Balaban J connectivity index is 2.47. The molecular formula is C15H23N3O5S. The van der Waals surface area contributed by atoms with Crippen LogP contribution in [0.25, 0.3) is 0 Å². The highest BCUT2D eigenvalue weighted by molar-refractivity contribution is 8.04. The minimum absolute atomic E-state index is 0.187. The number of carbonyl (C=O) groups excluding carboxylic acids is 2. The number of carboxylic acid groups (broad SMARTS) is 1. The Labute approximate surface area is 144 Å². The molecule has 134 valence electrons. The van der Waals surface area contributed by atoms with Crippen LogP contribution in [0.1, 0.15) is 27.2 Å². The molecule has 24 heavy (non-hydrogen) atoms. The lowest BCUT2D eigenvalue weighted by atomic mass is 9.81. The van der Waals surface area contributed by atoms with Crippen molar-refractivity contribution >= 4 is 29.5 Å². The normalized spacial score (nSPS) is 27.3. The Hall–Kier alpha value is -1.58. The van der Waals surface area contributed by atoms with Crippen LogP contribution in [0.4, 0.5) is 0 Å². The minimum atomic E-state index is -1.27. The SMILES string of the molecule is CCN(CC)C[C@@]12SC(CC(N)=O)=C(C(=O)O)N1C(=O)[C@@H]2[C@@H](C)O. The third kappa shape index (κ3) is 2.80. The molecule has 2 aliphatic heterocycles. The van der Waals surface area contributed by atoms with Crippen molar-refractivity contribution in [3.8, 4) is 0 Å². The molecule has 0 aliphatic carbocycles. The molecule has 0 radical (unpaired) electrons. The lowest BCUT2D eigenvalue weighted by Gasteiger charge is -2.55. The van der Waals surface area contributed by atoms with Crippen LogP contribution in [0, 0.1) is 5.92 Å². The van der Waals surface area contributed by atoms with Crippen LogP contribution in [0.5, 0.6) is 0 Å². The van der Waals surface area contributed by atoms with E-state index in [1.807, 2.05) is 13.8 Å². The number of nitrogens with zero attached hydrogens (tertiary/aromatic N) is 2. The summed E-state index contributed by atoms with van der Waals surface area (Å²) in [6.45, 7) is 7.32. The molecule has 0 saturated carbocycles. The summed E-state index contributed by atoms with van der Waals surface area (Å²) in [6.07, 6.45) is -1.15. The van der Waals surface area contributed by atoms with Crippen LogP contribution in [0.15, 0.2) is 10.6 Å². The summed E-state index contributed by atoms with van der Waals surface area (Å²) in [5, 5.41) is 19.6. The first-order chi connectivity index (χ1) is 11.2. The van der Waals surface area contributed by atoms with E-state index in [-0.39, 0.29) is 17.0 Å². The van der Waals surface area contributed by atoms with E-state index in [1.165, 1.54) is 23.6 Å². The van der Waals surface area contributed by atoms with Gasteiger partial charge in [-0.1, -0.05) is 25.6 Å². The number of β-lactam (4-membered cyclic amide) rings is 1. The number of fused-ring (bicyclic) bond motifs is 1. The maximum absolute atomic E-state index is 12.5. The number of carbonyl (C=O) groups is 3. The van der Waals surface area contributed by atoms with Gasteiger partial charge in [-0.15, -0.1) is 0 Å². The monoisotopic (exact) mass is 357 g/mol. The summed E-state index contributed by atoms with van der Waals surface area (Å²) in [7, 11) is 0. The van der Waals surface area contributed by atoms with Gasteiger partial charge in [-0.3, -0.25) is 14.5 Å². The van der Waals surface area contributed by atoms with Crippen molar-refractivity contribution in [1.82, 2.24) is 9.80 Å². The lowest BCUT2D eigenvalue weighted by Crippen LogP contribution is -2.73. The molecule has 8 nitrogen and oxygen atoms in total. The van der Waals surface area contributed by atoms with Gasteiger partial charge in [0.05, 0.1) is 18.4 Å². The largest absolute Gasteiger partial charge is 0.477 e. The Morgan fingerprint density at radius 2 is 2.00 bits per heavy atom. The van der Waals surface area contributed by atoms with Crippen LogP contribution >= 0.6 is 11.8 Å². The van der Waals surface area contributed by atoms with Gasteiger partial charge in [0.1, 0.15) is 10.6 Å². The second-order valence-corrected chi connectivity index (χ2v) is 7.42. The molecule has 1 fully saturated rings. The summed E-state index contributed by atoms with van der Waals surface area (Å²) < 4.78 is 0. The second-order valence-electron chi connectivity index (χ2n) is 6.02. The van der Waals surface area contributed by atoms with Gasteiger partial charge in [-0.2, -0.15) is 0 Å². The Morgan fingerprint density at radius 1 is 1.42 bits per heavy atom. The standard InChI is InChI=1S/C15H23N3O5S/c1-4-17(5-2)7-15-11(8(3)19)13(21)18(15)12(14(22)23)9(24-15)6-10(16)20/h8,11,19H,4-7H2,1-3H3,(H2,16,20)(H,22,23)/t8-,11+,15+/m1/s1. The van der Waals surface area contributed by atoms with Crippen molar-refractivity contribution in [3.63, 3.8) is 0 Å². The van der Waals surface area contributed by atoms with E-state index in [9.17, 15) is 24.6 Å². The highest BCUT2D eigenvalue weighted by Gasteiger charge is 2.68. The summed E-state index contributed by atoms with van der Waals surface area (Å²) in [6, 6.07) is 0. The highest BCUT2D eigenvalue weighted by Crippen LogP contribution is 2.59. The number of carboxylic acids is 1. The molecule has 0 aromatic carbocycles. The molecule has 0 spiro atoms. The van der Waals surface area contributed by atoms with Gasteiger partial charge in [0, 0.05) is 11.4 Å². The molecule has 0 aromatic rings. The minimum Gasteiger partial charge on any atom is -0.477 e. The van der Waals surface area contributed by atoms with Crippen LogP contribution in [-0.2, 0) is 14.4 Å². The van der Waals surface area contributed by atoms with Crippen LogP contribution < -0.4 is 5.73 Å². The molecular weight excluding hydrogens is 334 g/mol. The van der Waals surface area contributed by atoms with Crippen molar-refractivity contribution in [3.05, 3.63) is 10.6 Å². The number of aliphatic hydroxyl groups excluding tert-OH is 1. The molecule has 2 heterocycles. The molecule has 0 unspecified atom stereocenters. The predicted octanol–water partition coefficient (Wildman–Crippen LogP) is -0.218. The number of hydrogen-bond donors (Lipinski definition) is 3. The average molecular weight is 357 g/mol. The van der Waals surface area contributed by atoms with E-state index in [4.69, 9.17) is 5.73 Å². The molecule has 2 aliphatic rings. The fourth-order valence-electron chi connectivity index (χ4n) is 3.43. The molecule has 1 saturated heterocycles. The molecule has 4 N–H and O–H groups in total. The first-order valence-corrected chi connectivity index (χ1v) is 8.69. The molecule has 2 amide bonds. The number of hydrogen-bond acceptors (Lipinski definition) is 6. The summed E-state index contributed by atoms with van der Waals surface area (Å²) >= 11 is 1.17. The molecule has 3 atom stereocenters. The van der Waals surface area contributed by atoms with E-state index < -0.39 is 34.7 Å². The van der Waals surface area contributed by atoms with Crippen molar-refractivity contribution in [1.29, 1.82) is 0 Å². The number of amides is 2. The number of primary amides is 1. The van der Waals surface area contributed by atoms with Gasteiger partial charge in [-0.25, -0.2) is 4.79 Å². The summed E-state index contributed by atoms with van der Waals surface area (Å²) in [5.74, 6) is -3.07. The van der Waals surface area contributed by atoms with Crippen molar-refractivity contribution < 1.29 is 24.6 Å². The number of aliphatic carboxylic acids is 1. The van der Waals surface area contributed by atoms with Crippen LogP contribution in [0.3, 0.4) is 0 Å². The zero-order valence-electron chi connectivity index (χ0n) is 14.0. The third-order valence-electron chi connectivity index (χ3n) is 4.50. The highest BCUT2D eigenvalue weighted by atomic mass is 32.2. The van der Waals surface area contributed by atoms with Gasteiger partial charge >= 0.3 is 5.97 Å². The van der Waals surface area contributed by atoms with Gasteiger partial charge in [0.2, 0.25) is 11.8 Å². The predicted molar refractivity (Wildman–Crippen MR) is 88.6 cm³/mol. The average Bonchev–Trinajstić information content (AvgIpc) is 2.73. The molecule has 2 rings (SSSR count). The van der Waals surface area contributed by atoms with E-state index in [1.54, 1.807) is 0 Å². The number of thioether (sulfide) groups is 1. The molecule has 0 bridgehead atoms. The molecule has 0 aromatic heterocycles. The number of aliphatic hydroxyl groups is 1. The third-order valence-corrected chi connectivity index (χ3v) is 6.01. The van der Waals surface area contributed by atoms with E-state index in [2.05, 4.69) is 4.90 Å². The Bertz CT molecular complexity index is 602. The Morgan fingerprint density at radius 3 is 2.42 bits per heavy atom. The zero-order chi connectivity index (χ0) is 18.2. The molecule has 9 heteroatoms. The topological polar surface area (TPSA) is 124 Å². The summed E-state index contributed by atoms with van der Waals surface area (Å²) in [5.41, 5.74) is 5.04. The number of rotatable bonds is 8. The second kappa shape index (κ2) is 6.73. The van der Waals surface area contributed by atoms with E-state index >= 15 is 0 Å². The van der Waals surface area contributed by atoms with Crippen molar-refractivity contribution in [2.24, 2.45) is 11.7 Å². The fraction of sp³-hybridized carbons (Fsp3) is 0.667. The van der Waals surface area contributed by atoms with Crippen molar-refractivity contribution in [2.75, 3.05) is 19.6 Å². The zero-order valence-corrected chi connectivity index (χ0v) is 14.8. The lowest BCUT2D eigenvalue weighted by molar-refractivity contribution is -0.168. The van der Waals surface area contributed by atoms with Gasteiger partial charge in [-0.05, 0) is 20.0 Å². The van der Waals surface area contributed by atoms with Crippen molar-refractivity contribution in [2.45, 2.75) is 38.2 Å². The van der Waals surface area contributed by atoms with Gasteiger partial charge in [0.15, 0.2) is 0 Å². The maximum atomic E-state index is 12.5. The van der Waals surface area contributed by atoms with Gasteiger partial charge in [0.25, 0.3) is 0 Å². The summed E-state index contributed by atoms with van der Waals surface area (Å²) in [4.78, 5) is 38.2. The van der Waals surface area contributed by atoms with Crippen LogP contribution in [0.2, 0.25) is 0 Å². The first kappa shape index (κ1) is 18.8. The van der Waals surface area contributed by atoms with E-state index in [0.29, 0.717) is 6.54 Å². The smallest absolute Gasteiger partial charge is 0.353 e. The fourth-order valence-corrected chi connectivity index (χ4v) is 5.29.